The van der Waals surface area contributed by atoms with Crippen molar-refractivity contribution in [1.82, 2.24) is 9.78 Å². The summed E-state index contributed by atoms with van der Waals surface area (Å²) in [6, 6.07) is 20.7. The maximum absolute atomic E-state index is 13.8. The zero-order chi connectivity index (χ0) is 20.4. The molecule has 0 radical (unpaired) electrons. The Balaban J connectivity index is 1.78. The highest BCUT2D eigenvalue weighted by Gasteiger charge is 2.17. The second kappa shape index (κ2) is 7.67. The number of rotatable bonds is 4. The maximum Gasteiger partial charge on any atom is 0.276 e. The molecule has 0 aliphatic rings. The van der Waals surface area contributed by atoms with Crippen LogP contribution in [-0.2, 0) is 6.54 Å². The van der Waals surface area contributed by atoms with Crippen LogP contribution < -0.4 is 10.9 Å². The van der Waals surface area contributed by atoms with Crippen molar-refractivity contribution >= 4 is 22.4 Å². The van der Waals surface area contributed by atoms with Crippen molar-refractivity contribution in [2.24, 2.45) is 0 Å². The Hall–Kier alpha value is -3.80. The van der Waals surface area contributed by atoms with Gasteiger partial charge in [0, 0.05) is 11.1 Å². The normalized spacial score (nSPS) is 10.8. The summed E-state index contributed by atoms with van der Waals surface area (Å²) in [4.78, 5) is 25.8. The molecule has 5 nitrogen and oxygen atoms in total. The van der Waals surface area contributed by atoms with E-state index in [0.29, 0.717) is 22.0 Å². The van der Waals surface area contributed by atoms with Gasteiger partial charge in [0.1, 0.15) is 5.82 Å². The first-order valence-electron chi connectivity index (χ1n) is 9.14. The predicted octanol–water partition coefficient (Wildman–Crippen LogP) is 4.14. The van der Waals surface area contributed by atoms with E-state index in [0.717, 1.165) is 5.56 Å². The Morgan fingerprint density at radius 3 is 2.41 bits per heavy atom. The van der Waals surface area contributed by atoms with Crippen molar-refractivity contribution in [3.63, 3.8) is 0 Å². The molecule has 1 amide bonds. The summed E-state index contributed by atoms with van der Waals surface area (Å²) >= 11 is 0. The number of amides is 1. The Bertz CT molecular complexity index is 1270. The van der Waals surface area contributed by atoms with E-state index in [1.54, 1.807) is 43.3 Å². The molecular weight excluding hydrogens is 369 g/mol. The van der Waals surface area contributed by atoms with E-state index in [-0.39, 0.29) is 17.8 Å². The summed E-state index contributed by atoms with van der Waals surface area (Å²) < 4.78 is 15.1. The van der Waals surface area contributed by atoms with E-state index < -0.39 is 11.7 Å². The van der Waals surface area contributed by atoms with Crippen LogP contribution in [0.3, 0.4) is 0 Å². The molecule has 0 spiro atoms. The summed E-state index contributed by atoms with van der Waals surface area (Å²) in [5.74, 6) is -0.916. The van der Waals surface area contributed by atoms with Crippen LogP contribution in [0.15, 0.2) is 77.6 Å². The second-order valence-corrected chi connectivity index (χ2v) is 6.76. The van der Waals surface area contributed by atoms with Gasteiger partial charge in [-0.2, -0.15) is 5.10 Å². The number of carbonyl (C=O) groups excluding carboxylic acids is 1. The zero-order valence-corrected chi connectivity index (χ0v) is 15.7. The zero-order valence-electron chi connectivity index (χ0n) is 15.7. The van der Waals surface area contributed by atoms with Gasteiger partial charge in [-0.1, -0.05) is 54.6 Å². The SMILES string of the molecule is Cc1ccc(NC(=O)c2nn(Cc3ccccc3)c(=O)c3ccccc23)cc1F. The van der Waals surface area contributed by atoms with Gasteiger partial charge in [-0.25, -0.2) is 9.07 Å². The van der Waals surface area contributed by atoms with Crippen molar-refractivity contribution in [2.45, 2.75) is 13.5 Å². The molecule has 144 valence electrons. The number of hydrogen-bond donors (Lipinski definition) is 1. The van der Waals surface area contributed by atoms with Crippen LogP contribution in [0.25, 0.3) is 10.8 Å². The van der Waals surface area contributed by atoms with E-state index in [4.69, 9.17) is 0 Å². The fourth-order valence-electron chi connectivity index (χ4n) is 3.13. The minimum absolute atomic E-state index is 0.108. The third kappa shape index (κ3) is 3.78. The van der Waals surface area contributed by atoms with Crippen molar-refractivity contribution in [2.75, 3.05) is 5.32 Å². The van der Waals surface area contributed by atoms with Gasteiger partial charge < -0.3 is 5.32 Å². The Kier molecular flexibility index (Phi) is 4.91. The molecule has 1 N–H and O–H groups in total. The fourth-order valence-corrected chi connectivity index (χ4v) is 3.13. The standard InChI is InChI=1S/C23H18FN3O2/c1-15-11-12-17(13-20(15)24)25-22(28)21-18-9-5-6-10-19(18)23(29)27(26-21)14-16-7-3-2-4-8-16/h2-13H,14H2,1H3,(H,25,28). The van der Waals surface area contributed by atoms with Gasteiger partial charge in [0.15, 0.2) is 5.69 Å². The number of carbonyl (C=O) groups is 1. The van der Waals surface area contributed by atoms with Gasteiger partial charge >= 0.3 is 0 Å². The lowest BCUT2D eigenvalue weighted by Gasteiger charge is -2.12. The number of benzene rings is 3. The van der Waals surface area contributed by atoms with Crippen LogP contribution in [0.1, 0.15) is 21.6 Å². The van der Waals surface area contributed by atoms with Gasteiger partial charge in [0.2, 0.25) is 0 Å². The molecule has 0 aliphatic carbocycles. The fraction of sp³-hybridized carbons (Fsp3) is 0.0870. The highest BCUT2D eigenvalue weighted by molar-refractivity contribution is 6.11. The largest absolute Gasteiger partial charge is 0.320 e. The van der Waals surface area contributed by atoms with Crippen LogP contribution in [0.2, 0.25) is 0 Å². The Morgan fingerprint density at radius 2 is 1.69 bits per heavy atom. The molecule has 0 saturated carbocycles. The monoisotopic (exact) mass is 387 g/mol. The lowest BCUT2D eigenvalue weighted by molar-refractivity contribution is 0.102. The highest BCUT2D eigenvalue weighted by atomic mass is 19.1. The number of nitrogens with one attached hydrogen (secondary N) is 1. The van der Waals surface area contributed by atoms with Gasteiger partial charge in [-0.3, -0.25) is 9.59 Å². The maximum atomic E-state index is 13.8. The molecule has 4 rings (SSSR count). The van der Waals surface area contributed by atoms with Gasteiger partial charge in [-0.05, 0) is 36.2 Å². The third-order valence-electron chi connectivity index (χ3n) is 4.69. The summed E-state index contributed by atoms with van der Waals surface area (Å²) in [5.41, 5.74) is 1.54. The quantitative estimate of drug-likeness (QED) is 0.572. The Labute approximate surface area is 166 Å². The molecule has 1 aromatic heterocycles. The van der Waals surface area contributed by atoms with E-state index in [1.807, 2.05) is 30.3 Å². The average Bonchev–Trinajstić information content (AvgIpc) is 2.73. The molecule has 0 aliphatic heterocycles. The predicted molar refractivity (Wildman–Crippen MR) is 111 cm³/mol. The van der Waals surface area contributed by atoms with Crippen molar-refractivity contribution < 1.29 is 9.18 Å². The first kappa shape index (κ1) is 18.6. The average molecular weight is 387 g/mol. The number of aryl methyl sites for hydroxylation is 1. The van der Waals surface area contributed by atoms with Gasteiger partial charge in [0.25, 0.3) is 11.5 Å². The molecular formula is C23H18FN3O2. The van der Waals surface area contributed by atoms with Crippen LogP contribution in [0.5, 0.6) is 0 Å². The molecule has 0 atom stereocenters. The first-order valence-corrected chi connectivity index (χ1v) is 9.14. The smallest absolute Gasteiger partial charge is 0.276 e. The van der Waals surface area contributed by atoms with Crippen LogP contribution in [0, 0.1) is 12.7 Å². The topological polar surface area (TPSA) is 64.0 Å². The summed E-state index contributed by atoms with van der Waals surface area (Å²) in [5, 5.41) is 7.85. The summed E-state index contributed by atoms with van der Waals surface area (Å²) in [6.07, 6.45) is 0. The minimum atomic E-state index is -0.508. The molecule has 6 heteroatoms. The lowest BCUT2D eigenvalue weighted by atomic mass is 10.1. The number of aromatic nitrogens is 2. The van der Waals surface area contributed by atoms with E-state index in [2.05, 4.69) is 10.4 Å². The third-order valence-corrected chi connectivity index (χ3v) is 4.69. The number of halogens is 1. The molecule has 1 heterocycles. The molecule has 0 unspecified atom stereocenters. The molecule has 29 heavy (non-hydrogen) atoms. The summed E-state index contributed by atoms with van der Waals surface area (Å²) in [7, 11) is 0. The van der Waals surface area contributed by atoms with Crippen LogP contribution in [-0.4, -0.2) is 15.7 Å². The van der Waals surface area contributed by atoms with Gasteiger partial charge in [-0.15, -0.1) is 0 Å². The van der Waals surface area contributed by atoms with E-state index >= 15 is 0 Å². The van der Waals surface area contributed by atoms with Crippen LogP contribution in [0.4, 0.5) is 10.1 Å². The number of anilines is 1. The van der Waals surface area contributed by atoms with E-state index in [9.17, 15) is 14.0 Å². The van der Waals surface area contributed by atoms with Crippen molar-refractivity contribution in [3.05, 3.63) is 106 Å². The molecule has 0 saturated heterocycles. The van der Waals surface area contributed by atoms with Gasteiger partial charge in [0.05, 0.1) is 11.9 Å². The van der Waals surface area contributed by atoms with Crippen molar-refractivity contribution in [1.29, 1.82) is 0 Å². The minimum Gasteiger partial charge on any atom is -0.320 e. The second-order valence-electron chi connectivity index (χ2n) is 6.76. The number of nitrogens with zero attached hydrogens (tertiary/aromatic N) is 2. The molecule has 0 fully saturated rings. The Morgan fingerprint density at radius 1 is 1.00 bits per heavy atom. The highest BCUT2D eigenvalue weighted by Crippen LogP contribution is 2.18. The molecule has 4 aromatic rings. The first-order chi connectivity index (χ1) is 14.0. The molecule has 3 aromatic carbocycles. The lowest BCUT2D eigenvalue weighted by Crippen LogP contribution is -2.28. The summed E-state index contributed by atoms with van der Waals surface area (Å²) in [6.45, 7) is 1.89. The van der Waals surface area contributed by atoms with Crippen molar-refractivity contribution in [3.8, 4) is 0 Å². The van der Waals surface area contributed by atoms with Crippen LogP contribution >= 0.6 is 0 Å². The number of hydrogen-bond acceptors (Lipinski definition) is 3. The van der Waals surface area contributed by atoms with E-state index in [1.165, 1.54) is 10.7 Å². The number of fused-ring (bicyclic) bond motifs is 1. The molecule has 0 bridgehead atoms.